The van der Waals surface area contributed by atoms with Gasteiger partial charge in [0.25, 0.3) is 0 Å². The molecule has 3 aromatic rings. The number of hydrogen-bond donors (Lipinski definition) is 0. The molecule has 1 aromatic carbocycles. The standard InChI is InChI=1S/C18H19NO6S2/c1-2-26(20,21)17-7-9-18(10-8-17)27(22,23)19(13-15-5-3-11-24-15)14-16-6-4-12-25-16/h3-12H,2,13-14H2,1H3. The summed E-state index contributed by atoms with van der Waals surface area (Å²) in [5.41, 5.74) is 0. The van der Waals surface area contributed by atoms with Crippen molar-refractivity contribution >= 4 is 19.9 Å². The molecule has 0 N–H and O–H groups in total. The van der Waals surface area contributed by atoms with Crippen LogP contribution in [0.3, 0.4) is 0 Å². The zero-order chi connectivity index (χ0) is 19.5. The molecule has 0 saturated carbocycles. The molecule has 0 bridgehead atoms. The first-order valence-electron chi connectivity index (χ1n) is 8.20. The Hall–Kier alpha value is -2.36. The summed E-state index contributed by atoms with van der Waals surface area (Å²) in [6.07, 6.45) is 2.94. The number of furan rings is 2. The maximum atomic E-state index is 13.1. The molecule has 7 nitrogen and oxygen atoms in total. The Morgan fingerprint density at radius 2 is 1.26 bits per heavy atom. The van der Waals surface area contributed by atoms with Crippen LogP contribution in [0, 0.1) is 0 Å². The lowest BCUT2D eigenvalue weighted by atomic mass is 10.4. The molecular weight excluding hydrogens is 390 g/mol. The lowest BCUT2D eigenvalue weighted by Crippen LogP contribution is -2.30. The van der Waals surface area contributed by atoms with Gasteiger partial charge in [0.15, 0.2) is 9.84 Å². The second-order valence-corrected chi connectivity index (χ2v) is 10.0. The van der Waals surface area contributed by atoms with Gasteiger partial charge in [0, 0.05) is 0 Å². The third-order valence-electron chi connectivity index (χ3n) is 4.03. The van der Waals surface area contributed by atoms with Crippen molar-refractivity contribution in [3.05, 3.63) is 72.6 Å². The van der Waals surface area contributed by atoms with Crippen LogP contribution in [-0.2, 0) is 33.0 Å². The zero-order valence-corrected chi connectivity index (χ0v) is 16.2. The zero-order valence-electron chi connectivity index (χ0n) is 14.6. The number of sulfone groups is 1. The Kier molecular flexibility index (Phi) is 5.54. The van der Waals surface area contributed by atoms with Crippen LogP contribution in [0.25, 0.3) is 0 Å². The van der Waals surface area contributed by atoms with Gasteiger partial charge in [-0.25, -0.2) is 16.8 Å². The summed E-state index contributed by atoms with van der Waals surface area (Å²) >= 11 is 0. The Labute approximate surface area is 158 Å². The van der Waals surface area contributed by atoms with Gasteiger partial charge in [0.1, 0.15) is 11.5 Å². The molecule has 27 heavy (non-hydrogen) atoms. The molecule has 0 fully saturated rings. The predicted octanol–water partition coefficient (Wildman–Crippen LogP) is 3.06. The predicted molar refractivity (Wildman–Crippen MR) is 98.0 cm³/mol. The van der Waals surface area contributed by atoms with Crippen LogP contribution in [0.1, 0.15) is 18.4 Å². The third-order valence-corrected chi connectivity index (χ3v) is 7.58. The molecular formula is C18H19NO6S2. The van der Waals surface area contributed by atoms with Crippen LogP contribution in [-0.4, -0.2) is 26.9 Å². The van der Waals surface area contributed by atoms with Crippen molar-refractivity contribution < 1.29 is 25.7 Å². The fraction of sp³-hybridized carbons (Fsp3) is 0.222. The maximum Gasteiger partial charge on any atom is 0.243 e. The topological polar surface area (TPSA) is 97.8 Å². The average molecular weight is 409 g/mol. The van der Waals surface area contributed by atoms with Crippen molar-refractivity contribution in [1.82, 2.24) is 4.31 Å². The van der Waals surface area contributed by atoms with Crippen molar-refractivity contribution in [2.24, 2.45) is 0 Å². The van der Waals surface area contributed by atoms with Crippen molar-refractivity contribution in [2.45, 2.75) is 29.8 Å². The van der Waals surface area contributed by atoms with Gasteiger partial charge in [-0.05, 0) is 48.5 Å². The molecule has 0 aliphatic heterocycles. The van der Waals surface area contributed by atoms with Gasteiger partial charge in [-0.15, -0.1) is 0 Å². The largest absolute Gasteiger partial charge is 0.468 e. The highest BCUT2D eigenvalue weighted by atomic mass is 32.2. The maximum absolute atomic E-state index is 13.1. The molecule has 0 atom stereocenters. The summed E-state index contributed by atoms with van der Waals surface area (Å²) in [5.74, 6) is 0.910. The molecule has 2 heterocycles. The monoisotopic (exact) mass is 409 g/mol. The van der Waals surface area contributed by atoms with E-state index in [1.165, 1.54) is 48.0 Å². The van der Waals surface area contributed by atoms with Crippen molar-refractivity contribution in [3.8, 4) is 0 Å². The van der Waals surface area contributed by atoms with Gasteiger partial charge >= 0.3 is 0 Å². The van der Waals surface area contributed by atoms with E-state index in [0.717, 1.165) is 0 Å². The summed E-state index contributed by atoms with van der Waals surface area (Å²) in [6, 6.07) is 11.9. The minimum Gasteiger partial charge on any atom is -0.468 e. The summed E-state index contributed by atoms with van der Waals surface area (Å²) in [4.78, 5) is 0.0863. The van der Waals surface area contributed by atoms with Gasteiger partial charge < -0.3 is 8.83 Å². The van der Waals surface area contributed by atoms with Crippen LogP contribution in [0.2, 0.25) is 0 Å². The molecule has 0 aliphatic rings. The smallest absolute Gasteiger partial charge is 0.243 e. The van der Waals surface area contributed by atoms with Crippen LogP contribution in [0.5, 0.6) is 0 Å². The minimum absolute atomic E-state index is 0.00401. The average Bonchev–Trinajstić information content (AvgIpc) is 3.35. The molecule has 3 rings (SSSR count). The Morgan fingerprint density at radius 3 is 1.67 bits per heavy atom. The van der Waals surface area contributed by atoms with E-state index in [1.807, 2.05) is 0 Å². The second-order valence-electron chi connectivity index (χ2n) is 5.81. The summed E-state index contributed by atoms with van der Waals surface area (Å²) in [6.45, 7) is 1.57. The summed E-state index contributed by atoms with van der Waals surface area (Å²) in [7, 11) is -7.30. The Bertz CT molecular complexity index is 1030. The van der Waals surface area contributed by atoms with E-state index >= 15 is 0 Å². The summed E-state index contributed by atoms with van der Waals surface area (Å²) < 4.78 is 61.9. The first-order chi connectivity index (χ1) is 12.8. The minimum atomic E-state index is -3.90. The number of sulfonamides is 1. The van der Waals surface area contributed by atoms with E-state index in [9.17, 15) is 16.8 Å². The first-order valence-corrected chi connectivity index (χ1v) is 11.3. The van der Waals surface area contributed by atoms with E-state index < -0.39 is 19.9 Å². The van der Waals surface area contributed by atoms with Crippen molar-refractivity contribution in [1.29, 1.82) is 0 Å². The van der Waals surface area contributed by atoms with Crippen molar-refractivity contribution in [3.63, 3.8) is 0 Å². The quantitative estimate of drug-likeness (QED) is 0.567. The van der Waals surface area contributed by atoms with Gasteiger partial charge in [-0.1, -0.05) is 6.92 Å². The molecule has 0 saturated heterocycles. The Balaban J connectivity index is 1.94. The number of benzene rings is 1. The molecule has 9 heteroatoms. The molecule has 2 aromatic heterocycles. The highest BCUT2D eigenvalue weighted by Crippen LogP contribution is 2.23. The SMILES string of the molecule is CCS(=O)(=O)c1ccc(S(=O)(=O)N(Cc2ccco2)Cc2ccco2)cc1. The van der Waals surface area contributed by atoms with Crippen LogP contribution in [0.4, 0.5) is 0 Å². The van der Waals surface area contributed by atoms with Gasteiger partial charge in [0.05, 0.1) is 41.2 Å². The second kappa shape index (κ2) is 7.71. The van der Waals surface area contributed by atoms with E-state index in [-0.39, 0.29) is 28.6 Å². The third kappa shape index (κ3) is 4.32. The number of nitrogens with zero attached hydrogens (tertiary/aromatic N) is 1. The number of hydrogen-bond acceptors (Lipinski definition) is 6. The van der Waals surface area contributed by atoms with Crippen LogP contribution in [0.15, 0.2) is 79.7 Å². The van der Waals surface area contributed by atoms with Crippen molar-refractivity contribution in [2.75, 3.05) is 5.75 Å². The number of rotatable bonds is 8. The molecule has 0 aliphatic carbocycles. The first kappa shape index (κ1) is 19.4. The molecule has 144 valence electrons. The van der Waals surface area contributed by atoms with Gasteiger partial charge in [-0.2, -0.15) is 4.31 Å². The lowest BCUT2D eigenvalue weighted by Gasteiger charge is -2.20. The Morgan fingerprint density at radius 1 is 0.778 bits per heavy atom. The fourth-order valence-electron chi connectivity index (χ4n) is 2.51. The summed E-state index contributed by atoms with van der Waals surface area (Å²) in [5, 5.41) is 0. The fourth-order valence-corrected chi connectivity index (χ4v) is 4.77. The van der Waals surface area contributed by atoms with Crippen LogP contribution >= 0.6 is 0 Å². The van der Waals surface area contributed by atoms with Gasteiger partial charge in [-0.3, -0.25) is 0 Å². The molecule has 0 amide bonds. The van der Waals surface area contributed by atoms with Gasteiger partial charge in [0.2, 0.25) is 10.0 Å². The van der Waals surface area contributed by atoms with E-state index in [0.29, 0.717) is 11.5 Å². The van der Waals surface area contributed by atoms with E-state index in [4.69, 9.17) is 8.83 Å². The van der Waals surface area contributed by atoms with E-state index in [2.05, 4.69) is 0 Å². The molecule has 0 unspecified atom stereocenters. The normalized spacial score (nSPS) is 12.5. The van der Waals surface area contributed by atoms with Crippen LogP contribution < -0.4 is 0 Å². The highest BCUT2D eigenvalue weighted by Gasteiger charge is 2.27. The highest BCUT2D eigenvalue weighted by molar-refractivity contribution is 7.91. The van der Waals surface area contributed by atoms with E-state index in [1.54, 1.807) is 24.3 Å². The molecule has 0 spiro atoms. The molecule has 0 radical (unpaired) electrons. The lowest BCUT2D eigenvalue weighted by molar-refractivity contribution is 0.330.